The number of hydrogen-bond donors (Lipinski definition) is 2. The third-order valence-corrected chi connectivity index (χ3v) is 4.53. The van der Waals surface area contributed by atoms with Gasteiger partial charge in [0.1, 0.15) is 43.8 Å². The summed E-state index contributed by atoms with van der Waals surface area (Å²) >= 11 is 0. The molecule has 0 spiro atoms. The van der Waals surface area contributed by atoms with Gasteiger partial charge in [-0.15, -0.1) is 0 Å². The number of hydrogen-bond acceptors (Lipinski definition) is 2. The molecule has 20 heavy (non-hydrogen) atoms. The molecule has 2 aromatic rings. The summed E-state index contributed by atoms with van der Waals surface area (Å²) in [6.07, 6.45) is 0. The number of nitrogens with one attached hydrogen (secondary N) is 2. The molecule has 3 heterocycles. The Hall–Kier alpha value is -1.59. The average molecular weight is 274 g/mol. The molecule has 5 heteroatoms. The number of H-pyrrole nitrogens is 1. The van der Waals surface area contributed by atoms with E-state index in [9.17, 15) is 0 Å². The molecule has 0 bridgehead atoms. The Kier molecular flexibility index (Phi) is 3.09. The fraction of sp³-hybridized carbons (Fsp3) is 0.533. The van der Waals surface area contributed by atoms with Crippen molar-refractivity contribution in [2.24, 2.45) is 0 Å². The standard InChI is InChI=1S/C15H20N4O/c1-2-4-14-13(3-1)16-15-18(7-8-19(14)15)6-5-17-9-11-20-12-10-17/h1-4H,5-12H2/p+2. The van der Waals surface area contributed by atoms with Crippen LogP contribution in [0.2, 0.25) is 0 Å². The van der Waals surface area contributed by atoms with E-state index in [1.165, 1.54) is 23.5 Å². The van der Waals surface area contributed by atoms with Gasteiger partial charge in [0.15, 0.2) is 0 Å². The van der Waals surface area contributed by atoms with Crippen LogP contribution in [0.4, 0.5) is 5.95 Å². The number of para-hydroxylation sites is 2. The van der Waals surface area contributed by atoms with Crippen LogP contribution in [-0.2, 0) is 11.3 Å². The van der Waals surface area contributed by atoms with E-state index in [1.807, 2.05) is 0 Å². The topological polar surface area (TPSA) is 36.6 Å². The quantitative estimate of drug-likeness (QED) is 0.718. The van der Waals surface area contributed by atoms with E-state index in [-0.39, 0.29) is 0 Å². The maximum absolute atomic E-state index is 5.42. The molecule has 1 aromatic heterocycles. The van der Waals surface area contributed by atoms with Gasteiger partial charge in [0.05, 0.1) is 19.8 Å². The fourth-order valence-electron chi connectivity index (χ4n) is 3.34. The number of benzene rings is 1. The number of anilines is 1. The van der Waals surface area contributed by atoms with Crippen molar-refractivity contribution < 1.29 is 14.2 Å². The predicted octanol–water partition coefficient (Wildman–Crippen LogP) is -0.809. The lowest BCUT2D eigenvalue weighted by Crippen LogP contribution is -3.14. The van der Waals surface area contributed by atoms with E-state index in [0.29, 0.717) is 0 Å². The first-order valence-electron chi connectivity index (χ1n) is 7.58. The average Bonchev–Trinajstić information content (AvgIpc) is 3.05. The van der Waals surface area contributed by atoms with Crippen molar-refractivity contribution in [1.82, 2.24) is 4.98 Å². The van der Waals surface area contributed by atoms with Crippen molar-refractivity contribution in [2.75, 3.05) is 50.8 Å². The molecule has 0 atom stereocenters. The highest BCUT2D eigenvalue weighted by Gasteiger charge is 2.31. The maximum Gasteiger partial charge on any atom is 0.358 e. The van der Waals surface area contributed by atoms with E-state index in [0.717, 1.165) is 45.9 Å². The SMILES string of the molecule is c1ccc2c(c1)[nH]c1[n+]2CCN1CC[NH+]1CCOCC1. The lowest BCUT2D eigenvalue weighted by atomic mass is 10.3. The van der Waals surface area contributed by atoms with Crippen molar-refractivity contribution in [3.05, 3.63) is 24.3 Å². The molecule has 2 aliphatic heterocycles. The van der Waals surface area contributed by atoms with Gasteiger partial charge < -0.3 is 9.64 Å². The van der Waals surface area contributed by atoms with Crippen molar-refractivity contribution in [3.63, 3.8) is 0 Å². The summed E-state index contributed by atoms with van der Waals surface area (Å²) in [5, 5.41) is 0. The van der Waals surface area contributed by atoms with E-state index in [1.54, 1.807) is 4.90 Å². The summed E-state index contributed by atoms with van der Waals surface area (Å²) in [5.41, 5.74) is 2.56. The van der Waals surface area contributed by atoms with Gasteiger partial charge in [-0.1, -0.05) is 12.1 Å². The molecule has 4 rings (SSSR count). The molecule has 0 saturated carbocycles. The molecule has 2 N–H and O–H groups in total. The van der Waals surface area contributed by atoms with Crippen LogP contribution in [0.15, 0.2) is 24.3 Å². The third kappa shape index (κ3) is 2.07. The number of aromatic nitrogens is 2. The second-order valence-corrected chi connectivity index (χ2v) is 5.72. The van der Waals surface area contributed by atoms with Crippen molar-refractivity contribution in [3.8, 4) is 0 Å². The first-order valence-corrected chi connectivity index (χ1v) is 7.58. The Bertz CT molecular complexity index is 603. The normalized spacial score (nSPS) is 19.7. The smallest absolute Gasteiger partial charge is 0.358 e. The number of quaternary nitrogens is 1. The van der Waals surface area contributed by atoms with Gasteiger partial charge >= 0.3 is 5.95 Å². The first-order chi connectivity index (χ1) is 9.92. The highest BCUT2D eigenvalue weighted by molar-refractivity contribution is 5.73. The minimum atomic E-state index is 0.918. The molecule has 2 aliphatic rings. The van der Waals surface area contributed by atoms with Crippen LogP contribution in [0.1, 0.15) is 0 Å². The molecule has 0 amide bonds. The zero-order chi connectivity index (χ0) is 13.4. The molecule has 1 saturated heterocycles. The number of rotatable bonds is 3. The Morgan fingerprint density at radius 2 is 2.10 bits per heavy atom. The second kappa shape index (κ2) is 5.07. The molecule has 5 nitrogen and oxygen atoms in total. The highest BCUT2D eigenvalue weighted by atomic mass is 16.5. The summed E-state index contributed by atoms with van der Waals surface area (Å²) in [5.74, 6) is 1.28. The number of imidazole rings is 1. The molecular formula is C15H22N4O+2. The minimum absolute atomic E-state index is 0.918. The molecule has 0 radical (unpaired) electrons. The molecule has 0 aliphatic carbocycles. The predicted molar refractivity (Wildman–Crippen MR) is 77.1 cm³/mol. The summed E-state index contributed by atoms with van der Waals surface area (Å²) in [6, 6.07) is 8.57. The fourth-order valence-corrected chi connectivity index (χ4v) is 3.34. The Labute approximate surface area is 118 Å². The van der Waals surface area contributed by atoms with Gasteiger partial charge in [-0.3, -0.25) is 4.90 Å². The van der Waals surface area contributed by atoms with Gasteiger partial charge in [0, 0.05) is 0 Å². The Morgan fingerprint density at radius 3 is 3.00 bits per heavy atom. The lowest BCUT2D eigenvalue weighted by Gasteiger charge is -2.24. The van der Waals surface area contributed by atoms with Gasteiger partial charge in [0.2, 0.25) is 0 Å². The van der Waals surface area contributed by atoms with E-state index in [4.69, 9.17) is 4.74 Å². The highest BCUT2D eigenvalue weighted by Crippen LogP contribution is 2.18. The van der Waals surface area contributed by atoms with E-state index < -0.39 is 0 Å². The Morgan fingerprint density at radius 1 is 1.25 bits per heavy atom. The Balaban J connectivity index is 1.49. The van der Waals surface area contributed by atoms with Gasteiger partial charge in [-0.05, 0) is 12.1 Å². The second-order valence-electron chi connectivity index (χ2n) is 5.72. The lowest BCUT2D eigenvalue weighted by molar-refractivity contribution is -0.906. The zero-order valence-electron chi connectivity index (χ0n) is 11.8. The van der Waals surface area contributed by atoms with E-state index in [2.05, 4.69) is 38.7 Å². The number of fused-ring (bicyclic) bond motifs is 3. The van der Waals surface area contributed by atoms with Crippen LogP contribution in [0.25, 0.3) is 11.0 Å². The molecule has 106 valence electrons. The molecule has 1 aromatic carbocycles. The maximum atomic E-state index is 5.42. The van der Waals surface area contributed by atoms with Crippen LogP contribution in [-0.4, -0.2) is 50.9 Å². The number of morpholine rings is 1. The van der Waals surface area contributed by atoms with Crippen molar-refractivity contribution in [1.29, 1.82) is 0 Å². The van der Waals surface area contributed by atoms with Crippen LogP contribution >= 0.6 is 0 Å². The number of ether oxygens (including phenoxy) is 1. The van der Waals surface area contributed by atoms with Gasteiger partial charge in [0.25, 0.3) is 0 Å². The van der Waals surface area contributed by atoms with E-state index >= 15 is 0 Å². The van der Waals surface area contributed by atoms with Crippen molar-refractivity contribution in [2.45, 2.75) is 6.54 Å². The first kappa shape index (κ1) is 12.2. The minimum Gasteiger partial charge on any atom is -0.370 e. The monoisotopic (exact) mass is 274 g/mol. The molecule has 0 unspecified atom stereocenters. The third-order valence-electron chi connectivity index (χ3n) is 4.53. The number of nitrogens with zero attached hydrogens (tertiary/aromatic N) is 2. The number of aromatic amines is 1. The van der Waals surface area contributed by atoms with Crippen LogP contribution < -0.4 is 14.4 Å². The molecule has 1 fully saturated rings. The van der Waals surface area contributed by atoms with Crippen LogP contribution in [0.3, 0.4) is 0 Å². The summed E-state index contributed by atoms with van der Waals surface area (Å²) in [4.78, 5) is 7.73. The summed E-state index contributed by atoms with van der Waals surface area (Å²) in [7, 11) is 0. The van der Waals surface area contributed by atoms with Crippen LogP contribution in [0.5, 0.6) is 0 Å². The van der Waals surface area contributed by atoms with Gasteiger partial charge in [-0.25, -0.2) is 9.55 Å². The summed E-state index contributed by atoms with van der Waals surface area (Å²) < 4.78 is 7.83. The zero-order valence-corrected chi connectivity index (χ0v) is 11.8. The van der Waals surface area contributed by atoms with Crippen LogP contribution in [0, 0.1) is 0 Å². The van der Waals surface area contributed by atoms with Gasteiger partial charge in [-0.2, -0.15) is 0 Å². The van der Waals surface area contributed by atoms with Crippen molar-refractivity contribution >= 4 is 17.0 Å². The summed E-state index contributed by atoms with van der Waals surface area (Å²) in [6.45, 7) is 8.70. The molecular weight excluding hydrogens is 252 g/mol. The largest absolute Gasteiger partial charge is 0.370 e.